The van der Waals surface area contributed by atoms with Crippen molar-refractivity contribution >= 4 is 21.8 Å². The van der Waals surface area contributed by atoms with E-state index in [1.165, 1.54) is 6.08 Å². The summed E-state index contributed by atoms with van der Waals surface area (Å²) in [5.74, 6) is 1.82. The highest BCUT2D eigenvalue weighted by molar-refractivity contribution is 7.91. The molecule has 9 heteroatoms. The number of aromatic nitrogens is 1. The Bertz CT molecular complexity index is 1070. The lowest BCUT2D eigenvalue weighted by Gasteiger charge is -2.26. The average molecular weight is 463 g/mol. The van der Waals surface area contributed by atoms with Gasteiger partial charge >= 0.3 is 0 Å². The number of benzene rings is 1. The van der Waals surface area contributed by atoms with Crippen molar-refractivity contribution in [3.8, 4) is 11.5 Å². The summed E-state index contributed by atoms with van der Waals surface area (Å²) >= 11 is 0. The van der Waals surface area contributed by atoms with Crippen LogP contribution >= 0.6 is 0 Å². The second kappa shape index (κ2) is 10.2. The molecule has 1 aromatic carbocycles. The molecule has 0 bridgehead atoms. The molecule has 174 valence electrons. The van der Waals surface area contributed by atoms with E-state index in [1.807, 2.05) is 26.8 Å². The van der Waals surface area contributed by atoms with Gasteiger partial charge in [-0.3, -0.25) is 4.79 Å². The normalized spacial score (nSPS) is 17.6. The van der Waals surface area contributed by atoms with Crippen molar-refractivity contribution in [3.05, 3.63) is 46.9 Å². The van der Waals surface area contributed by atoms with Crippen LogP contribution in [0.4, 0.5) is 0 Å². The molecule has 3 rings (SSSR count). The zero-order valence-electron chi connectivity index (χ0n) is 19.0. The highest BCUT2D eigenvalue weighted by atomic mass is 32.2. The number of amides is 1. The molecule has 1 atom stereocenters. The molecule has 1 fully saturated rings. The van der Waals surface area contributed by atoms with E-state index in [0.29, 0.717) is 36.8 Å². The molecule has 1 aromatic heterocycles. The van der Waals surface area contributed by atoms with Crippen LogP contribution in [0.5, 0.6) is 11.5 Å². The smallest absolute Gasteiger partial charge is 0.246 e. The zero-order valence-corrected chi connectivity index (χ0v) is 19.8. The lowest BCUT2D eigenvalue weighted by molar-refractivity contribution is -0.127. The molecule has 2 heterocycles. The van der Waals surface area contributed by atoms with Gasteiger partial charge in [-0.05, 0) is 50.5 Å². The van der Waals surface area contributed by atoms with Gasteiger partial charge < -0.3 is 18.9 Å². The summed E-state index contributed by atoms with van der Waals surface area (Å²) in [6.45, 7) is 6.51. The third-order valence-corrected chi connectivity index (χ3v) is 7.31. The first-order valence-electron chi connectivity index (χ1n) is 10.7. The van der Waals surface area contributed by atoms with Gasteiger partial charge in [-0.25, -0.2) is 8.42 Å². The number of hydrogen-bond acceptors (Lipinski definition) is 7. The van der Waals surface area contributed by atoms with E-state index in [4.69, 9.17) is 14.0 Å². The fourth-order valence-corrected chi connectivity index (χ4v) is 5.49. The third-order valence-electron chi connectivity index (χ3n) is 5.56. The molecule has 0 aliphatic carbocycles. The molecule has 0 radical (unpaired) electrons. The number of carbonyl (C=O) groups is 1. The van der Waals surface area contributed by atoms with Crippen molar-refractivity contribution in [2.75, 3.05) is 25.2 Å². The van der Waals surface area contributed by atoms with Crippen LogP contribution in [0.2, 0.25) is 0 Å². The fourth-order valence-electron chi connectivity index (χ4n) is 3.76. The van der Waals surface area contributed by atoms with Gasteiger partial charge in [-0.1, -0.05) is 18.1 Å². The Morgan fingerprint density at radius 1 is 1.31 bits per heavy atom. The molecule has 1 amide bonds. The third kappa shape index (κ3) is 5.70. The summed E-state index contributed by atoms with van der Waals surface area (Å²) in [6.07, 6.45) is 4.45. The lowest BCUT2D eigenvalue weighted by atomic mass is 10.1. The van der Waals surface area contributed by atoms with Crippen molar-refractivity contribution in [1.82, 2.24) is 10.1 Å². The Morgan fingerprint density at radius 3 is 2.69 bits per heavy atom. The lowest BCUT2D eigenvalue weighted by Crippen LogP contribution is -2.40. The van der Waals surface area contributed by atoms with Crippen LogP contribution in [0, 0.1) is 13.8 Å². The minimum Gasteiger partial charge on any atom is -0.493 e. The molecular weight excluding hydrogens is 432 g/mol. The van der Waals surface area contributed by atoms with Crippen LogP contribution < -0.4 is 9.47 Å². The van der Waals surface area contributed by atoms with Gasteiger partial charge in [0.2, 0.25) is 5.91 Å². The van der Waals surface area contributed by atoms with Gasteiger partial charge in [-0.15, -0.1) is 0 Å². The molecule has 8 nitrogen and oxygen atoms in total. The second-order valence-corrected chi connectivity index (χ2v) is 10.2. The maximum Gasteiger partial charge on any atom is 0.246 e. The van der Waals surface area contributed by atoms with E-state index < -0.39 is 9.84 Å². The van der Waals surface area contributed by atoms with Crippen LogP contribution in [-0.4, -0.2) is 55.6 Å². The second-order valence-electron chi connectivity index (χ2n) is 7.92. The first-order valence-corrected chi connectivity index (χ1v) is 12.5. The quantitative estimate of drug-likeness (QED) is 0.527. The van der Waals surface area contributed by atoms with Crippen LogP contribution in [-0.2, 0) is 21.2 Å². The summed E-state index contributed by atoms with van der Waals surface area (Å²) < 4.78 is 40.2. The van der Waals surface area contributed by atoms with E-state index in [1.54, 1.807) is 30.2 Å². The van der Waals surface area contributed by atoms with Gasteiger partial charge in [0, 0.05) is 18.7 Å². The maximum atomic E-state index is 12.8. The standard InChI is InChI=1S/C23H30N2O6S/c1-5-11-25(19-10-12-32(27,28)15-19)23(26)9-7-18-6-8-21(22(13-18)29-4)30-14-20-16(2)24-31-17(20)3/h6-9,13,19H,5,10-12,14-15H2,1-4H3/b9-7+. The number of rotatable bonds is 9. The topological polar surface area (TPSA) is 98.9 Å². The predicted molar refractivity (Wildman–Crippen MR) is 121 cm³/mol. The highest BCUT2D eigenvalue weighted by Crippen LogP contribution is 2.30. The minimum absolute atomic E-state index is 0.0393. The summed E-state index contributed by atoms with van der Waals surface area (Å²) in [4.78, 5) is 14.5. The number of carbonyl (C=O) groups excluding carboxylic acids is 1. The molecule has 0 spiro atoms. The van der Waals surface area contributed by atoms with Crippen molar-refractivity contribution in [3.63, 3.8) is 0 Å². The Hall–Kier alpha value is -2.81. The Morgan fingerprint density at radius 2 is 2.09 bits per heavy atom. The van der Waals surface area contributed by atoms with E-state index in [0.717, 1.165) is 23.2 Å². The van der Waals surface area contributed by atoms with Crippen molar-refractivity contribution in [2.24, 2.45) is 0 Å². The molecule has 32 heavy (non-hydrogen) atoms. The predicted octanol–water partition coefficient (Wildman–Crippen LogP) is 3.32. The Kier molecular flexibility index (Phi) is 7.60. The Balaban J connectivity index is 1.70. The van der Waals surface area contributed by atoms with Crippen LogP contribution in [0.25, 0.3) is 6.08 Å². The summed E-state index contributed by atoms with van der Waals surface area (Å²) in [7, 11) is -1.50. The number of hydrogen-bond donors (Lipinski definition) is 0. The number of ether oxygens (including phenoxy) is 2. The van der Waals surface area contributed by atoms with E-state index in [2.05, 4.69) is 5.16 Å². The van der Waals surface area contributed by atoms with E-state index in [-0.39, 0.29) is 23.5 Å². The monoisotopic (exact) mass is 462 g/mol. The van der Waals surface area contributed by atoms with Crippen LogP contribution in [0.3, 0.4) is 0 Å². The van der Waals surface area contributed by atoms with Gasteiger partial charge in [0.25, 0.3) is 0 Å². The number of sulfone groups is 1. The van der Waals surface area contributed by atoms with Gasteiger partial charge in [-0.2, -0.15) is 0 Å². The minimum atomic E-state index is -3.06. The first-order chi connectivity index (χ1) is 15.2. The molecule has 0 saturated carbocycles. The molecule has 1 aliphatic heterocycles. The molecule has 1 saturated heterocycles. The molecule has 0 N–H and O–H groups in total. The van der Waals surface area contributed by atoms with Crippen LogP contribution in [0.1, 0.15) is 42.3 Å². The molecule has 1 aliphatic rings. The first kappa shape index (κ1) is 23.8. The zero-order chi connectivity index (χ0) is 23.3. The van der Waals surface area contributed by atoms with Gasteiger partial charge in [0.05, 0.1) is 29.9 Å². The Labute approximate surface area is 189 Å². The molecule has 1 unspecified atom stereocenters. The number of methoxy groups -OCH3 is 1. The van der Waals surface area contributed by atoms with Gasteiger partial charge in [0.1, 0.15) is 12.4 Å². The van der Waals surface area contributed by atoms with Crippen molar-refractivity contribution in [1.29, 1.82) is 0 Å². The molecule has 2 aromatic rings. The van der Waals surface area contributed by atoms with Crippen molar-refractivity contribution < 1.29 is 27.2 Å². The summed E-state index contributed by atoms with van der Waals surface area (Å²) in [5.41, 5.74) is 2.45. The van der Waals surface area contributed by atoms with Gasteiger partial charge in [0.15, 0.2) is 21.3 Å². The maximum absolute atomic E-state index is 12.8. The van der Waals surface area contributed by atoms with Crippen LogP contribution in [0.15, 0.2) is 28.8 Å². The van der Waals surface area contributed by atoms with Crippen molar-refractivity contribution in [2.45, 2.75) is 46.3 Å². The largest absolute Gasteiger partial charge is 0.493 e. The SMILES string of the molecule is CCCN(C(=O)/C=C/c1ccc(OCc2c(C)noc2C)c(OC)c1)C1CCS(=O)(=O)C1. The van der Waals surface area contributed by atoms with E-state index >= 15 is 0 Å². The van der Waals surface area contributed by atoms with E-state index in [9.17, 15) is 13.2 Å². The molecular formula is C23H30N2O6S. The summed E-state index contributed by atoms with van der Waals surface area (Å²) in [6, 6.07) is 5.15. The highest BCUT2D eigenvalue weighted by Gasteiger charge is 2.33. The summed E-state index contributed by atoms with van der Waals surface area (Å²) in [5, 5.41) is 3.93. The number of aryl methyl sites for hydroxylation is 2. The average Bonchev–Trinajstić information content (AvgIpc) is 3.29. The fraction of sp³-hybridized carbons (Fsp3) is 0.478. The number of nitrogens with zero attached hydrogens (tertiary/aromatic N) is 2.